The molecule has 0 radical (unpaired) electrons. The van der Waals surface area contributed by atoms with Crippen molar-refractivity contribution in [1.82, 2.24) is 15.5 Å². The summed E-state index contributed by atoms with van der Waals surface area (Å²) in [7, 11) is 0. The Labute approximate surface area is 129 Å². The zero-order chi connectivity index (χ0) is 13.7. The lowest BCUT2D eigenvalue weighted by atomic mass is 10.2. The third-order valence-electron chi connectivity index (χ3n) is 2.57. The van der Waals surface area contributed by atoms with Crippen LogP contribution < -0.4 is 5.32 Å². The number of halogens is 2. The van der Waals surface area contributed by atoms with E-state index in [1.807, 2.05) is 18.2 Å². The van der Waals surface area contributed by atoms with Gasteiger partial charge in [0, 0.05) is 21.9 Å². The zero-order valence-corrected chi connectivity index (χ0v) is 13.8. The predicted octanol–water partition coefficient (Wildman–Crippen LogP) is 3.80. The minimum Gasteiger partial charge on any atom is -0.421 e. The van der Waals surface area contributed by atoms with Crippen LogP contribution in [0, 0.1) is 0 Å². The van der Waals surface area contributed by atoms with E-state index < -0.39 is 0 Å². The van der Waals surface area contributed by atoms with Gasteiger partial charge in [-0.25, -0.2) is 0 Å². The minimum atomic E-state index is 0.540. The van der Waals surface area contributed by atoms with Gasteiger partial charge in [0.1, 0.15) is 0 Å². The molecule has 0 amide bonds. The Hall–Kier alpha value is -0.720. The summed E-state index contributed by atoms with van der Waals surface area (Å²) in [6.45, 7) is 4.01. The van der Waals surface area contributed by atoms with Gasteiger partial charge in [0.15, 0.2) is 0 Å². The lowest BCUT2D eigenvalue weighted by Gasteiger charge is -2.00. The number of nitrogens with one attached hydrogen (secondary N) is 1. The maximum absolute atomic E-state index is 5.67. The molecule has 0 unspecified atom stereocenters. The Morgan fingerprint density at radius 1 is 1.21 bits per heavy atom. The number of benzene rings is 1. The molecule has 0 saturated carbocycles. The molecule has 4 nitrogen and oxygen atoms in total. The van der Waals surface area contributed by atoms with Crippen molar-refractivity contribution in [3.8, 4) is 11.5 Å². The van der Waals surface area contributed by atoms with Crippen molar-refractivity contribution in [2.45, 2.75) is 19.8 Å². The van der Waals surface area contributed by atoms with Crippen LogP contribution in [0.15, 0.2) is 31.6 Å². The van der Waals surface area contributed by atoms with Gasteiger partial charge >= 0.3 is 0 Å². The summed E-state index contributed by atoms with van der Waals surface area (Å²) in [6, 6.07) is 5.86. The molecule has 6 heteroatoms. The van der Waals surface area contributed by atoms with Crippen LogP contribution in [0.5, 0.6) is 0 Å². The maximum Gasteiger partial charge on any atom is 0.248 e. The van der Waals surface area contributed by atoms with Gasteiger partial charge in [-0.3, -0.25) is 0 Å². The van der Waals surface area contributed by atoms with E-state index >= 15 is 0 Å². The number of hydrogen-bond donors (Lipinski definition) is 1. The fourth-order valence-electron chi connectivity index (χ4n) is 1.62. The van der Waals surface area contributed by atoms with Gasteiger partial charge in [0.05, 0.1) is 5.56 Å². The van der Waals surface area contributed by atoms with Crippen LogP contribution in [0.4, 0.5) is 0 Å². The summed E-state index contributed by atoms with van der Waals surface area (Å²) in [5.41, 5.74) is 0.898. The number of aromatic nitrogens is 2. The second kappa shape index (κ2) is 7.17. The van der Waals surface area contributed by atoms with Crippen molar-refractivity contribution in [1.29, 1.82) is 0 Å². The van der Waals surface area contributed by atoms with E-state index in [1.54, 1.807) is 0 Å². The zero-order valence-electron chi connectivity index (χ0n) is 10.6. The molecule has 2 rings (SSSR count). The molecule has 0 atom stereocenters. The minimum absolute atomic E-state index is 0.540. The van der Waals surface area contributed by atoms with E-state index in [9.17, 15) is 0 Å². The molecule has 0 saturated heterocycles. The fourth-order valence-corrected chi connectivity index (χ4v) is 2.40. The number of rotatable bonds is 6. The molecule has 0 aliphatic heterocycles. The van der Waals surface area contributed by atoms with Gasteiger partial charge in [0.2, 0.25) is 11.8 Å². The maximum atomic E-state index is 5.67. The first-order valence-corrected chi connectivity index (χ1v) is 7.78. The molecule has 102 valence electrons. The highest BCUT2D eigenvalue weighted by molar-refractivity contribution is 9.11. The highest BCUT2D eigenvalue weighted by Gasteiger charge is 2.11. The number of nitrogens with zero attached hydrogens (tertiary/aromatic N) is 2. The highest BCUT2D eigenvalue weighted by atomic mass is 79.9. The number of hydrogen-bond acceptors (Lipinski definition) is 4. The quantitative estimate of drug-likeness (QED) is 0.764. The molecule has 0 aliphatic carbocycles. The highest BCUT2D eigenvalue weighted by Crippen LogP contribution is 2.30. The molecule has 1 N–H and O–H groups in total. The molecule has 1 aromatic heterocycles. The molecule has 1 heterocycles. The van der Waals surface area contributed by atoms with E-state index in [0.29, 0.717) is 11.8 Å². The first kappa shape index (κ1) is 14.7. The first-order valence-electron chi connectivity index (χ1n) is 6.19. The molecular weight excluding hydrogens is 374 g/mol. The largest absolute Gasteiger partial charge is 0.421 e. The van der Waals surface area contributed by atoms with Crippen molar-refractivity contribution in [3.63, 3.8) is 0 Å². The van der Waals surface area contributed by atoms with Gasteiger partial charge in [-0.05, 0) is 47.1 Å². The van der Waals surface area contributed by atoms with E-state index in [-0.39, 0.29) is 0 Å². The lowest BCUT2D eigenvalue weighted by Crippen LogP contribution is -2.17. The second-order valence-electron chi connectivity index (χ2n) is 4.13. The van der Waals surface area contributed by atoms with Crippen molar-refractivity contribution in [2.24, 2.45) is 0 Å². The summed E-state index contributed by atoms with van der Waals surface area (Å²) in [5, 5.41) is 11.5. The van der Waals surface area contributed by atoms with Crippen LogP contribution >= 0.6 is 31.9 Å². The van der Waals surface area contributed by atoms with Crippen molar-refractivity contribution in [2.75, 3.05) is 13.1 Å². The van der Waals surface area contributed by atoms with Crippen LogP contribution in [0.25, 0.3) is 11.5 Å². The lowest BCUT2D eigenvalue weighted by molar-refractivity contribution is 0.494. The molecule has 2 aromatic rings. The summed E-state index contributed by atoms with van der Waals surface area (Å²) >= 11 is 6.93. The molecule has 0 fully saturated rings. The van der Waals surface area contributed by atoms with E-state index in [2.05, 4.69) is 54.3 Å². The van der Waals surface area contributed by atoms with Crippen molar-refractivity contribution >= 4 is 31.9 Å². The molecule has 1 aromatic carbocycles. The average molecular weight is 389 g/mol. The fraction of sp³-hybridized carbons (Fsp3) is 0.385. The van der Waals surface area contributed by atoms with Gasteiger partial charge < -0.3 is 9.73 Å². The Morgan fingerprint density at radius 3 is 2.84 bits per heavy atom. The first-order chi connectivity index (χ1) is 9.20. The predicted molar refractivity (Wildman–Crippen MR) is 82.0 cm³/mol. The van der Waals surface area contributed by atoms with Crippen LogP contribution in [0.2, 0.25) is 0 Å². The van der Waals surface area contributed by atoms with Crippen molar-refractivity contribution in [3.05, 3.63) is 33.0 Å². The summed E-state index contributed by atoms with van der Waals surface area (Å²) in [4.78, 5) is 0. The standard InChI is InChI=1S/C13H15Br2N3O/c1-2-6-16-7-5-12-17-18-13(19-12)10-8-9(14)3-4-11(10)15/h3-4,8,16H,2,5-7H2,1H3. The monoisotopic (exact) mass is 387 g/mol. The SMILES string of the molecule is CCCNCCc1nnc(-c2cc(Br)ccc2Br)o1. The van der Waals surface area contributed by atoms with Gasteiger partial charge in [-0.1, -0.05) is 22.9 Å². The van der Waals surface area contributed by atoms with Crippen LogP contribution in [0.3, 0.4) is 0 Å². The van der Waals surface area contributed by atoms with Crippen molar-refractivity contribution < 1.29 is 4.42 Å². The average Bonchev–Trinajstić information content (AvgIpc) is 2.86. The third-order valence-corrected chi connectivity index (χ3v) is 3.75. The van der Waals surface area contributed by atoms with Gasteiger partial charge in [-0.15, -0.1) is 10.2 Å². The van der Waals surface area contributed by atoms with Gasteiger partial charge in [0.25, 0.3) is 0 Å². The molecule has 0 aliphatic rings. The van der Waals surface area contributed by atoms with Crippen LogP contribution in [-0.4, -0.2) is 23.3 Å². The molecule has 19 heavy (non-hydrogen) atoms. The summed E-state index contributed by atoms with van der Waals surface area (Å²) in [6.07, 6.45) is 1.87. The summed E-state index contributed by atoms with van der Waals surface area (Å²) in [5.74, 6) is 1.20. The molecule has 0 spiro atoms. The normalized spacial score (nSPS) is 10.9. The molecular formula is C13H15Br2N3O. The van der Waals surface area contributed by atoms with Crippen LogP contribution in [0.1, 0.15) is 19.2 Å². The third kappa shape index (κ3) is 4.12. The van der Waals surface area contributed by atoms with E-state index in [4.69, 9.17) is 4.42 Å². The molecule has 0 bridgehead atoms. The van der Waals surface area contributed by atoms with Gasteiger partial charge in [-0.2, -0.15) is 0 Å². The van der Waals surface area contributed by atoms with E-state index in [1.165, 1.54) is 0 Å². The summed E-state index contributed by atoms with van der Waals surface area (Å²) < 4.78 is 7.59. The Balaban J connectivity index is 2.06. The Morgan fingerprint density at radius 2 is 2.05 bits per heavy atom. The smallest absolute Gasteiger partial charge is 0.248 e. The van der Waals surface area contributed by atoms with E-state index in [0.717, 1.165) is 40.4 Å². The second-order valence-corrected chi connectivity index (χ2v) is 5.90. The van der Waals surface area contributed by atoms with Crippen LogP contribution in [-0.2, 0) is 6.42 Å². The Kier molecular flexibility index (Phi) is 5.54. The Bertz CT molecular complexity index is 542. The topological polar surface area (TPSA) is 51.0 Å².